The maximum Gasteiger partial charge on any atom is 0.251 e. The van der Waals surface area contributed by atoms with Crippen molar-refractivity contribution in [2.75, 3.05) is 0 Å². The van der Waals surface area contributed by atoms with Crippen molar-refractivity contribution < 1.29 is 4.79 Å². The second-order valence-electron chi connectivity index (χ2n) is 8.19. The van der Waals surface area contributed by atoms with Crippen molar-refractivity contribution >= 4 is 17.1 Å². The molecule has 0 bridgehead atoms. The van der Waals surface area contributed by atoms with Crippen LogP contribution in [0.1, 0.15) is 54.1 Å². The first-order valence-corrected chi connectivity index (χ1v) is 11.0. The third-order valence-electron chi connectivity index (χ3n) is 6.09. The Labute approximate surface area is 182 Å². The monoisotopic (exact) mass is 410 g/mol. The topological polar surface area (TPSA) is 59.8 Å². The van der Waals surface area contributed by atoms with Crippen LogP contribution in [0.25, 0.3) is 22.6 Å². The smallest absolute Gasteiger partial charge is 0.251 e. The summed E-state index contributed by atoms with van der Waals surface area (Å²) in [5.74, 6) is 0.870. The van der Waals surface area contributed by atoms with Crippen LogP contribution >= 0.6 is 0 Å². The van der Waals surface area contributed by atoms with Crippen molar-refractivity contribution in [1.29, 1.82) is 0 Å². The molecule has 156 valence electrons. The van der Waals surface area contributed by atoms with Crippen molar-refractivity contribution in [3.05, 3.63) is 84.1 Å². The molecule has 5 rings (SSSR count). The Bertz CT molecular complexity index is 1180. The number of hydrogen-bond acceptors (Lipinski definition) is 3. The fourth-order valence-corrected chi connectivity index (χ4v) is 4.47. The van der Waals surface area contributed by atoms with Crippen molar-refractivity contribution in [2.24, 2.45) is 0 Å². The molecule has 0 saturated heterocycles. The summed E-state index contributed by atoms with van der Waals surface area (Å²) in [6, 6.07) is 22.1. The molecular formula is C26H26N4O. The quantitative estimate of drug-likeness (QED) is 0.470. The molecule has 0 atom stereocenters. The van der Waals surface area contributed by atoms with Gasteiger partial charge in [-0.3, -0.25) is 4.79 Å². The zero-order chi connectivity index (χ0) is 21.0. The summed E-state index contributed by atoms with van der Waals surface area (Å²) >= 11 is 0. The summed E-state index contributed by atoms with van der Waals surface area (Å²) in [5, 5.41) is 2.99. The number of nitrogens with zero attached hydrogens (tertiary/aromatic N) is 3. The maximum absolute atomic E-state index is 12.6. The predicted molar refractivity (Wildman–Crippen MR) is 123 cm³/mol. The van der Waals surface area contributed by atoms with Gasteiger partial charge in [-0.15, -0.1) is 0 Å². The Morgan fingerprint density at radius 1 is 0.935 bits per heavy atom. The van der Waals surface area contributed by atoms with E-state index in [9.17, 15) is 4.79 Å². The zero-order valence-electron chi connectivity index (χ0n) is 17.5. The average molecular weight is 411 g/mol. The van der Waals surface area contributed by atoms with Gasteiger partial charge in [0.2, 0.25) is 0 Å². The molecule has 0 unspecified atom stereocenters. The van der Waals surface area contributed by atoms with Crippen molar-refractivity contribution in [1.82, 2.24) is 19.9 Å². The van der Waals surface area contributed by atoms with Gasteiger partial charge in [0.25, 0.3) is 5.91 Å². The molecule has 2 aromatic carbocycles. The van der Waals surface area contributed by atoms with Gasteiger partial charge >= 0.3 is 0 Å². The van der Waals surface area contributed by atoms with Gasteiger partial charge in [-0.2, -0.15) is 0 Å². The molecule has 0 radical (unpaired) electrons. The molecule has 1 fully saturated rings. The lowest BCUT2D eigenvalue weighted by Crippen LogP contribution is -2.22. The molecule has 2 aromatic heterocycles. The molecule has 1 amide bonds. The van der Waals surface area contributed by atoms with Crippen molar-refractivity contribution in [2.45, 2.75) is 44.7 Å². The number of carbonyl (C=O) groups is 1. The lowest BCUT2D eigenvalue weighted by Gasteiger charge is -2.25. The average Bonchev–Trinajstić information content (AvgIpc) is 3.23. The molecule has 31 heavy (non-hydrogen) atoms. The first-order chi connectivity index (χ1) is 15.3. The van der Waals surface area contributed by atoms with Gasteiger partial charge < -0.3 is 9.88 Å². The third-order valence-corrected chi connectivity index (χ3v) is 6.09. The lowest BCUT2D eigenvalue weighted by atomic mass is 9.95. The highest BCUT2D eigenvalue weighted by Crippen LogP contribution is 2.35. The highest BCUT2D eigenvalue weighted by atomic mass is 16.1. The second-order valence-corrected chi connectivity index (χ2v) is 8.19. The minimum atomic E-state index is -0.0714. The van der Waals surface area contributed by atoms with E-state index in [1.165, 1.54) is 19.3 Å². The van der Waals surface area contributed by atoms with Crippen LogP contribution in [0, 0.1) is 0 Å². The molecule has 4 aromatic rings. The van der Waals surface area contributed by atoms with Crippen LogP contribution in [0.3, 0.4) is 0 Å². The molecular weight excluding hydrogens is 384 g/mol. The predicted octanol–water partition coefficient (Wildman–Crippen LogP) is 5.53. The first-order valence-electron chi connectivity index (χ1n) is 11.0. The first kappa shape index (κ1) is 19.5. The van der Waals surface area contributed by atoms with E-state index in [1.54, 1.807) is 0 Å². The molecule has 5 nitrogen and oxygen atoms in total. The molecule has 1 N–H and O–H groups in total. The molecule has 5 heteroatoms. The minimum Gasteiger partial charge on any atom is -0.348 e. The number of aromatic nitrogens is 3. The number of pyridine rings is 1. The van der Waals surface area contributed by atoms with Crippen LogP contribution in [0.5, 0.6) is 0 Å². The normalized spacial score (nSPS) is 14.6. The van der Waals surface area contributed by atoms with E-state index in [-0.39, 0.29) is 5.91 Å². The number of fused-ring (bicyclic) bond motifs is 1. The SMILES string of the molecule is O=C(NCc1ccccc1)c1ccc(-c2nc3cccnc3n2C2CCCCC2)cc1. The van der Waals surface area contributed by atoms with Crippen LogP contribution in [0.4, 0.5) is 0 Å². The Kier molecular flexibility index (Phi) is 5.48. The van der Waals surface area contributed by atoms with Crippen LogP contribution in [-0.4, -0.2) is 20.4 Å². The van der Waals surface area contributed by atoms with Crippen molar-refractivity contribution in [3.63, 3.8) is 0 Å². The van der Waals surface area contributed by atoms with E-state index < -0.39 is 0 Å². The molecule has 0 aliphatic heterocycles. The Balaban J connectivity index is 1.41. The summed E-state index contributed by atoms with van der Waals surface area (Å²) in [6.45, 7) is 0.518. The lowest BCUT2D eigenvalue weighted by molar-refractivity contribution is 0.0951. The standard InChI is InChI=1S/C26H26N4O/c31-26(28-18-19-8-3-1-4-9-19)21-15-13-20(14-16-21)24-29-23-12-7-17-27-25(23)30(24)22-10-5-2-6-11-22/h1,3-4,7-9,12-17,22H,2,5-6,10-11,18H2,(H,28,31). The number of nitrogens with one attached hydrogen (secondary N) is 1. The minimum absolute atomic E-state index is 0.0714. The fraction of sp³-hybridized carbons (Fsp3) is 0.269. The fourth-order valence-electron chi connectivity index (χ4n) is 4.47. The summed E-state index contributed by atoms with van der Waals surface area (Å²) in [4.78, 5) is 22.1. The van der Waals surface area contributed by atoms with E-state index in [4.69, 9.17) is 4.98 Å². The van der Waals surface area contributed by atoms with Crippen LogP contribution < -0.4 is 5.32 Å². The summed E-state index contributed by atoms with van der Waals surface area (Å²) < 4.78 is 2.32. The van der Waals surface area contributed by atoms with Gasteiger partial charge in [0.15, 0.2) is 5.65 Å². The highest BCUT2D eigenvalue weighted by molar-refractivity contribution is 5.94. The van der Waals surface area contributed by atoms with Crippen LogP contribution in [-0.2, 0) is 6.54 Å². The molecule has 1 aliphatic rings. The van der Waals surface area contributed by atoms with Crippen LogP contribution in [0.15, 0.2) is 72.9 Å². The molecule has 1 saturated carbocycles. The summed E-state index contributed by atoms with van der Waals surface area (Å²) in [5.41, 5.74) is 4.63. The summed E-state index contributed by atoms with van der Waals surface area (Å²) in [7, 11) is 0. The van der Waals surface area contributed by atoms with Gasteiger partial charge in [-0.1, -0.05) is 61.7 Å². The van der Waals surface area contributed by atoms with Gasteiger partial charge in [0, 0.05) is 29.9 Å². The Morgan fingerprint density at radius 2 is 1.71 bits per heavy atom. The highest BCUT2D eigenvalue weighted by Gasteiger charge is 2.23. The summed E-state index contributed by atoms with van der Waals surface area (Å²) in [6.07, 6.45) is 7.96. The number of imidazole rings is 1. The van der Waals surface area contributed by atoms with E-state index in [1.807, 2.05) is 72.9 Å². The number of hydrogen-bond donors (Lipinski definition) is 1. The maximum atomic E-state index is 12.6. The molecule has 1 aliphatic carbocycles. The second kappa shape index (κ2) is 8.72. The van der Waals surface area contributed by atoms with Gasteiger partial charge in [0.1, 0.15) is 11.3 Å². The van der Waals surface area contributed by atoms with E-state index in [0.29, 0.717) is 18.2 Å². The van der Waals surface area contributed by atoms with Crippen LogP contribution in [0.2, 0.25) is 0 Å². The van der Waals surface area contributed by atoms with E-state index in [0.717, 1.165) is 41.0 Å². The van der Waals surface area contributed by atoms with Gasteiger partial charge in [0.05, 0.1) is 0 Å². The van der Waals surface area contributed by atoms with Gasteiger partial charge in [-0.05, 0) is 42.7 Å². The van der Waals surface area contributed by atoms with E-state index in [2.05, 4.69) is 14.9 Å². The molecule has 0 spiro atoms. The number of carbonyl (C=O) groups excluding carboxylic acids is 1. The number of rotatable bonds is 5. The Morgan fingerprint density at radius 3 is 2.48 bits per heavy atom. The Hall–Kier alpha value is -3.47. The van der Waals surface area contributed by atoms with Gasteiger partial charge in [-0.25, -0.2) is 9.97 Å². The van der Waals surface area contributed by atoms with Crippen molar-refractivity contribution in [3.8, 4) is 11.4 Å². The molecule has 2 heterocycles. The third kappa shape index (κ3) is 4.08. The number of amides is 1. The zero-order valence-corrected chi connectivity index (χ0v) is 17.5. The van der Waals surface area contributed by atoms with E-state index >= 15 is 0 Å². The number of benzene rings is 2. The largest absolute Gasteiger partial charge is 0.348 e.